The summed E-state index contributed by atoms with van der Waals surface area (Å²) in [6, 6.07) is 0.449. The number of nitrogens with one attached hydrogen (secondary N) is 2. The van der Waals surface area contributed by atoms with Crippen molar-refractivity contribution in [2.45, 2.75) is 38.6 Å². The summed E-state index contributed by atoms with van der Waals surface area (Å²) in [5, 5.41) is 6.70. The van der Waals surface area contributed by atoms with Crippen LogP contribution in [0.2, 0.25) is 0 Å². The van der Waals surface area contributed by atoms with Crippen LogP contribution in [0.3, 0.4) is 0 Å². The van der Waals surface area contributed by atoms with E-state index in [2.05, 4.69) is 27.4 Å². The van der Waals surface area contributed by atoms with E-state index in [1.165, 1.54) is 13.0 Å². The van der Waals surface area contributed by atoms with Gasteiger partial charge in [-0.3, -0.25) is 4.99 Å². The van der Waals surface area contributed by atoms with Gasteiger partial charge in [-0.25, -0.2) is 12.7 Å². The lowest BCUT2D eigenvalue weighted by Gasteiger charge is -2.32. The molecule has 0 aromatic rings. The third-order valence-corrected chi connectivity index (χ3v) is 6.51. The number of hydrogen-bond acceptors (Lipinski definition) is 4. The maximum atomic E-state index is 11.8. The number of nitrogens with zero attached hydrogens (tertiary/aromatic N) is 3. The monoisotopic (exact) mass is 473 g/mol. The minimum absolute atomic E-state index is 0. The van der Waals surface area contributed by atoms with Gasteiger partial charge in [0.25, 0.3) is 0 Å². The number of hydrogen-bond donors (Lipinski definition) is 2. The Balaban J connectivity index is 0.00000288. The second-order valence-electron chi connectivity index (χ2n) is 6.33. The Labute approximate surface area is 163 Å². The second kappa shape index (κ2) is 10.8. The van der Waals surface area contributed by atoms with Crippen molar-refractivity contribution in [1.29, 1.82) is 0 Å². The first kappa shape index (κ1) is 21.9. The average Bonchev–Trinajstić information content (AvgIpc) is 2.87. The van der Waals surface area contributed by atoms with Gasteiger partial charge >= 0.3 is 0 Å². The molecule has 0 unspecified atom stereocenters. The number of sulfonamides is 1. The van der Waals surface area contributed by atoms with Gasteiger partial charge in [0.15, 0.2) is 5.96 Å². The lowest BCUT2D eigenvalue weighted by molar-refractivity contribution is 0.206. The Morgan fingerprint density at radius 1 is 1.21 bits per heavy atom. The molecule has 0 bridgehead atoms. The molecule has 9 heteroatoms. The minimum atomic E-state index is -3.00. The van der Waals surface area contributed by atoms with E-state index in [1.54, 1.807) is 11.4 Å². The standard InChI is InChI=1S/C15H31N5O2S.HI/c1-3-8-19-10-5-14(6-11-19)18-15(16-2)17-7-12-20-9-4-13-23(20,21)22;/h14H,3-13H2,1-2H3,(H2,16,17,18);1H. The molecule has 0 aliphatic carbocycles. The van der Waals surface area contributed by atoms with Crippen LogP contribution in [0.25, 0.3) is 0 Å². The quantitative estimate of drug-likeness (QED) is 0.337. The van der Waals surface area contributed by atoms with Crippen molar-refractivity contribution in [3.8, 4) is 0 Å². The van der Waals surface area contributed by atoms with E-state index in [0.29, 0.717) is 25.7 Å². The molecule has 2 fully saturated rings. The van der Waals surface area contributed by atoms with E-state index in [9.17, 15) is 8.42 Å². The van der Waals surface area contributed by atoms with Gasteiger partial charge in [-0.05, 0) is 32.2 Å². The van der Waals surface area contributed by atoms with E-state index >= 15 is 0 Å². The van der Waals surface area contributed by atoms with Crippen LogP contribution >= 0.6 is 24.0 Å². The van der Waals surface area contributed by atoms with Crippen molar-refractivity contribution in [1.82, 2.24) is 19.8 Å². The van der Waals surface area contributed by atoms with Crippen molar-refractivity contribution in [3.63, 3.8) is 0 Å². The molecule has 0 aromatic heterocycles. The smallest absolute Gasteiger partial charge is 0.214 e. The van der Waals surface area contributed by atoms with Gasteiger partial charge in [-0.1, -0.05) is 6.92 Å². The molecule has 2 saturated heterocycles. The summed E-state index contributed by atoms with van der Waals surface area (Å²) in [5.74, 6) is 1.06. The molecule has 0 radical (unpaired) electrons. The molecule has 0 atom stereocenters. The first-order valence-electron chi connectivity index (χ1n) is 8.72. The minimum Gasteiger partial charge on any atom is -0.355 e. The van der Waals surface area contributed by atoms with Gasteiger partial charge in [-0.15, -0.1) is 24.0 Å². The maximum absolute atomic E-state index is 11.8. The van der Waals surface area contributed by atoms with E-state index in [0.717, 1.165) is 38.3 Å². The van der Waals surface area contributed by atoms with E-state index in [1.807, 2.05) is 0 Å². The Morgan fingerprint density at radius 2 is 1.92 bits per heavy atom. The van der Waals surface area contributed by atoms with Crippen LogP contribution in [-0.2, 0) is 10.0 Å². The highest BCUT2D eigenvalue weighted by molar-refractivity contribution is 14.0. The SMILES string of the molecule is CCCN1CCC(NC(=NC)NCCN2CCCS2(=O)=O)CC1.I. The molecule has 0 aromatic carbocycles. The molecular formula is C15H32IN5O2S. The lowest BCUT2D eigenvalue weighted by atomic mass is 10.1. The zero-order valence-electron chi connectivity index (χ0n) is 14.8. The Kier molecular flexibility index (Phi) is 9.83. The van der Waals surface area contributed by atoms with Gasteiger partial charge in [0, 0.05) is 45.8 Å². The number of likely N-dealkylation sites (tertiary alicyclic amines) is 1. The number of guanidine groups is 1. The van der Waals surface area contributed by atoms with Crippen LogP contribution in [0.1, 0.15) is 32.6 Å². The molecular weight excluding hydrogens is 441 g/mol. The predicted molar refractivity (Wildman–Crippen MR) is 110 cm³/mol. The summed E-state index contributed by atoms with van der Waals surface area (Å²) in [5.41, 5.74) is 0. The second-order valence-corrected chi connectivity index (χ2v) is 8.42. The number of halogens is 1. The normalized spacial score (nSPS) is 23.0. The highest BCUT2D eigenvalue weighted by atomic mass is 127. The molecule has 2 heterocycles. The maximum Gasteiger partial charge on any atom is 0.214 e. The summed E-state index contributed by atoms with van der Waals surface area (Å²) in [6.45, 7) is 7.42. The van der Waals surface area contributed by atoms with Gasteiger partial charge in [-0.2, -0.15) is 0 Å². The molecule has 142 valence electrons. The van der Waals surface area contributed by atoms with Crippen LogP contribution in [-0.4, -0.2) is 81.7 Å². The third kappa shape index (κ3) is 6.64. The first-order chi connectivity index (χ1) is 11.0. The highest BCUT2D eigenvalue weighted by Crippen LogP contribution is 2.12. The van der Waals surface area contributed by atoms with E-state index in [-0.39, 0.29) is 29.7 Å². The molecule has 2 aliphatic heterocycles. The van der Waals surface area contributed by atoms with Crippen molar-refractivity contribution < 1.29 is 8.42 Å². The van der Waals surface area contributed by atoms with Gasteiger partial charge < -0.3 is 15.5 Å². The number of rotatable bonds is 6. The predicted octanol–water partition coefficient (Wildman–Crippen LogP) is 0.679. The van der Waals surface area contributed by atoms with Crippen LogP contribution in [0.15, 0.2) is 4.99 Å². The van der Waals surface area contributed by atoms with E-state index < -0.39 is 10.0 Å². The largest absolute Gasteiger partial charge is 0.355 e. The van der Waals surface area contributed by atoms with Crippen molar-refractivity contribution in [2.24, 2.45) is 4.99 Å². The highest BCUT2D eigenvalue weighted by Gasteiger charge is 2.27. The first-order valence-corrected chi connectivity index (χ1v) is 10.3. The Hall–Kier alpha value is -0.130. The van der Waals surface area contributed by atoms with Crippen molar-refractivity contribution in [2.75, 3.05) is 52.1 Å². The lowest BCUT2D eigenvalue weighted by Crippen LogP contribution is -2.49. The fourth-order valence-electron chi connectivity index (χ4n) is 3.25. The summed E-state index contributed by atoms with van der Waals surface area (Å²) >= 11 is 0. The number of piperidine rings is 1. The average molecular weight is 473 g/mol. The van der Waals surface area contributed by atoms with Gasteiger partial charge in [0.2, 0.25) is 10.0 Å². The Bertz CT molecular complexity index is 492. The van der Waals surface area contributed by atoms with Gasteiger partial charge in [0.1, 0.15) is 0 Å². The zero-order chi connectivity index (χ0) is 16.7. The topological polar surface area (TPSA) is 77.0 Å². The summed E-state index contributed by atoms with van der Waals surface area (Å²) in [6.07, 6.45) is 4.20. The molecule has 2 aliphatic rings. The van der Waals surface area contributed by atoms with Crippen LogP contribution < -0.4 is 10.6 Å². The zero-order valence-corrected chi connectivity index (χ0v) is 18.0. The Morgan fingerprint density at radius 3 is 2.46 bits per heavy atom. The summed E-state index contributed by atoms with van der Waals surface area (Å²) in [4.78, 5) is 6.76. The molecule has 0 saturated carbocycles. The van der Waals surface area contributed by atoms with E-state index in [4.69, 9.17) is 0 Å². The van der Waals surface area contributed by atoms with Gasteiger partial charge in [0.05, 0.1) is 5.75 Å². The molecule has 2 N–H and O–H groups in total. The van der Waals surface area contributed by atoms with Crippen molar-refractivity contribution in [3.05, 3.63) is 0 Å². The fourth-order valence-corrected chi connectivity index (χ4v) is 4.78. The van der Waals surface area contributed by atoms with Crippen molar-refractivity contribution >= 4 is 40.0 Å². The molecule has 7 nitrogen and oxygen atoms in total. The molecule has 24 heavy (non-hydrogen) atoms. The fraction of sp³-hybridized carbons (Fsp3) is 0.933. The summed E-state index contributed by atoms with van der Waals surface area (Å²) in [7, 11) is -1.24. The van der Waals surface area contributed by atoms with Crippen LogP contribution in [0, 0.1) is 0 Å². The molecule has 0 spiro atoms. The van der Waals surface area contributed by atoms with Crippen LogP contribution in [0.4, 0.5) is 0 Å². The molecule has 0 amide bonds. The molecule has 2 rings (SSSR count). The third-order valence-electron chi connectivity index (χ3n) is 4.55. The van der Waals surface area contributed by atoms with Crippen LogP contribution in [0.5, 0.6) is 0 Å². The number of aliphatic imine (C=N–C) groups is 1. The summed E-state index contributed by atoms with van der Waals surface area (Å²) < 4.78 is 25.1.